The lowest BCUT2D eigenvalue weighted by Gasteiger charge is -2.24. The van der Waals surface area contributed by atoms with Gasteiger partial charge in [-0.25, -0.2) is 9.98 Å². The van der Waals surface area contributed by atoms with E-state index in [0.717, 1.165) is 43.5 Å². The highest BCUT2D eigenvalue weighted by Crippen LogP contribution is 2.36. The average molecular weight is 364 g/mol. The molecular formula is C19H33N5S. The van der Waals surface area contributed by atoms with Gasteiger partial charge in [0.15, 0.2) is 5.96 Å². The highest BCUT2D eigenvalue weighted by atomic mass is 32.2. The third kappa shape index (κ3) is 6.10. The molecule has 1 aliphatic rings. The Morgan fingerprint density at radius 2 is 2.08 bits per heavy atom. The molecule has 1 aliphatic heterocycles. The zero-order valence-corrected chi connectivity index (χ0v) is 17.0. The van der Waals surface area contributed by atoms with Crippen LogP contribution in [0, 0.1) is 0 Å². The van der Waals surface area contributed by atoms with Crippen molar-refractivity contribution in [1.82, 2.24) is 15.6 Å². The molecular weight excluding hydrogens is 330 g/mol. The number of thioether (sulfide) groups is 1. The summed E-state index contributed by atoms with van der Waals surface area (Å²) in [7, 11) is 0. The third-order valence-electron chi connectivity index (χ3n) is 4.59. The second-order valence-electron chi connectivity index (χ2n) is 6.65. The van der Waals surface area contributed by atoms with Crippen molar-refractivity contribution in [2.75, 3.05) is 36.8 Å². The third-order valence-corrected chi connectivity index (χ3v) is 6.13. The monoisotopic (exact) mass is 363 g/mol. The Bertz CT molecular complexity index is 533. The van der Waals surface area contributed by atoms with E-state index >= 15 is 0 Å². The number of nitrogens with one attached hydrogen (secondary N) is 2. The first-order valence-corrected chi connectivity index (χ1v) is 10.4. The molecule has 2 rings (SSSR count). The van der Waals surface area contributed by atoms with Crippen LogP contribution in [0.5, 0.6) is 0 Å². The lowest BCUT2D eigenvalue weighted by atomic mass is 10.1. The lowest BCUT2D eigenvalue weighted by Crippen LogP contribution is -2.43. The van der Waals surface area contributed by atoms with Gasteiger partial charge in [-0.2, -0.15) is 11.8 Å². The minimum atomic E-state index is 0.336. The van der Waals surface area contributed by atoms with Gasteiger partial charge < -0.3 is 15.5 Å². The number of aromatic nitrogens is 1. The average Bonchev–Trinajstić information content (AvgIpc) is 3.06. The normalized spacial score (nSPS) is 20.6. The zero-order chi connectivity index (χ0) is 18.1. The van der Waals surface area contributed by atoms with Gasteiger partial charge in [0.1, 0.15) is 5.82 Å². The van der Waals surface area contributed by atoms with Crippen LogP contribution in [-0.4, -0.2) is 47.6 Å². The van der Waals surface area contributed by atoms with Crippen LogP contribution in [-0.2, 0) is 6.54 Å². The molecule has 0 bridgehead atoms. The molecule has 1 atom stereocenters. The van der Waals surface area contributed by atoms with E-state index in [9.17, 15) is 0 Å². The highest BCUT2D eigenvalue weighted by molar-refractivity contribution is 8.00. The van der Waals surface area contributed by atoms with Crippen LogP contribution < -0.4 is 15.5 Å². The molecule has 140 valence electrons. The fourth-order valence-electron chi connectivity index (χ4n) is 3.00. The largest absolute Gasteiger partial charge is 0.357 e. The summed E-state index contributed by atoms with van der Waals surface area (Å²) in [5.41, 5.74) is 1.13. The number of aliphatic imine (C=N–C) groups is 1. The molecule has 0 spiro atoms. The van der Waals surface area contributed by atoms with Crippen LogP contribution in [0.15, 0.2) is 23.3 Å². The molecule has 0 aromatic carbocycles. The summed E-state index contributed by atoms with van der Waals surface area (Å²) in [4.78, 5) is 11.5. The van der Waals surface area contributed by atoms with E-state index in [1.165, 1.54) is 18.6 Å². The summed E-state index contributed by atoms with van der Waals surface area (Å²) in [5, 5.41) is 6.85. The quantitative estimate of drug-likeness (QED) is 0.548. The predicted molar refractivity (Wildman–Crippen MR) is 111 cm³/mol. The van der Waals surface area contributed by atoms with Crippen molar-refractivity contribution in [3.8, 4) is 0 Å². The first-order chi connectivity index (χ1) is 12.1. The smallest absolute Gasteiger partial charge is 0.191 e. The standard InChI is InChI=1S/C19H33N5S/c1-5-20-18(23-15-19(4)11-8-12-25-19)22-14-16-9-10-17(21-13-16)24(6-2)7-3/h9-10,13H,5-8,11-12,14-15H2,1-4H3,(H2,20,22,23). The topological polar surface area (TPSA) is 52.6 Å². The van der Waals surface area contributed by atoms with E-state index in [1.54, 1.807) is 0 Å². The number of nitrogens with zero attached hydrogens (tertiary/aromatic N) is 3. The molecule has 1 saturated heterocycles. The van der Waals surface area contributed by atoms with Crippen molar-refractivity contribution in [2.24, 2.45) is 4.99 Å². The Kier molecular flexibility index (Phi) is 7.88. The van der Waals surface area contributed by atoms with Crippen molar-refractivity contribution >= 4 is 23.5 Å². The molecule has 0 saturated carbocycles. The summed E-state index contributed by atoms with van der Waals surface area (Å²) in [6.45, 7) is 13.2. The van der Waals surface area contributed by atoms with Gasteiger partial charge in [0.2, 0.25) is 0 Å². The van der Waals surface area contributed by atoms with Crippen LogP contribution in [0.1, 0.15) is 46.1 Å². The van der Waals surface area contributed by atoms with Gasteiger partial charge in [-0.15, -0.1) is 0 Å². The molecule has 1 fully saturated rings. The maximum Gasteiger partial charge on any atom is 0.191 e. The summed E-state index contributed by atoms with van der Waals surface area (Å²) in [6, 6.07) is 4.22. The van der Waals surface area contributed by atoms with Crippen LogP contribution >= 0.6 is 11.8 Å². The molecule has 6 heteroatoms. The lowest BCUT2D eigenvalue weighted by molar-refractivity contribution is 0.584. The number of hydrogen-bond donors (Lipinski definition) is 2. The minimum Gasteiger partial charge on any atom is -0.357 e. The zero-order valence-electron chi connectivity index (χ0n) is 16.1. The molecule has 2 N–H and O–H groups in total. The molecule has 25 heavy (non-hydrogen) atoms. The van der Waals surface area contributed by atoms with Crippen molar-refractivity contribution in [3.63, 3.8) is 0 Å². The van der Waals surface area contributed by atoms with E-state index in [2.05, 4.69) is 72.1 Å². The Morgan fingerprint density at radius 3 is 2.64 bits per heavy atom. The van der Waals surface area contributed by atoms with E-state index < -0.39 is 0 Å². The SMILES string of the molecule is CCNC(=NCc1ccc(N(CC)CC)nc1)NCC1(C)CCCS1. The number of rotatable bonds is 8. The molecule has 1 aromatic rings. The fourth-order valence-corrected chi connectivity index (χ4v) is 4.25. The van der Waals surface area contributed by atoms with Gasteiger partial charge in [-0.1, -0.05) is 6.07 Å². The van der Waals surface area contributed by atoms with Crippen molar-refractivity contribution < 1.29 is 0 Å². The van der Waals surface area contributed by atoms with Crippen LogP contribution in [0.3, 0.4) is 0 Å². The van der Waals surface area contributed by atoms with Crippen molar-refractivity contribution in [1.29, 1.82) is 0 Å². The van der Waals surface area contributed by atoms with Gasteiger partial charge in [-0.3, -0.25) is 0 Å². The molecule has 5 nitrogen and oxygen atoms in total. The Hall–Kier alpha value is -1.43. The van der Waals surface area contributed by atoms with Gasteiger partial charge in [0.25, 0.3) is 0 Å². The molecule has 0 radical (unpaired) electrons. The summed E-state index contributed by atoms with van der Waals surface area (Å²) in [5.74, 6) is 3.20. The summed E-state index contributed by atoms with van der Waals surface area (Å²) >= 11 is 2.07. The molecule has 1 unspecified atom stereocenters. The maximum atomic E-state index is 4.72. The molecule has 1 aromatic heterocycles. The maximum absolute atomic E-state index is 4.72. The predicted octanol–water partition coefficient (Wildman–Crippen LogP) is 3.27. The first kappa shape index (κ1) is 19.9. The summed E-state index contributed by atoms with van der Waals surface area (Å²) < 4.78 is 0.336. The van der Waals surface area contributed by atoms with Crippen LogP contribution in [0.2, 0.25) is 0 Å². The van der Waals surface area contributed by atoms with E-state index in [4.69, 9.17) is 4.99 Å². The molecule has 0 aliphatic carbocycles. The number of hydrogen-bond acceptors (Lipinski definition) is 4. The van der Waals surface area contributed by atoms with Gasteiger partial charge in [-0.05, 0) is 57.9 Å². The van der Waals surface area contributed by atoms with Crippen LogP contribution in [0.4, 0.5) is 5.82 Å². The second kappa shape index (κ2) is 9.90. The first-order valence-electron chi connectivity index (χ1n) is 9.46. The molecule has 0 amide bonds. The van der Waals surface area contributed by atoms with E-state index in [0.29, 0.717) is 11.3 Å². The Balaban J connectivity index is 1.93. The Labute approximate surface area is 157 Å². The van der Waals surface area contributed by atoms with Crippen molar-refractivity contribution in [2.45, 2.75) is 51.8 Å². The van der Waals surface area contributed by atoms with Crippen molar-refractivity contribution in [3.05, 3.63) is 23.9 Å². The van der Waals surface area contributed by atoms with Gasteiger partial charge >= 0.3 is 0 Å². The fraction of sp³-hybridized carbons (Fsp3) is 0.684. The summed E-state index contributed by atoms with van der Waals surface area (Å²) in [6.07, 6.45) is 4.54. The number of anilines is 1. The Morgan fingerprint density at radius 1 is 1.28 bits per heavy atom. The van der Waals surface area contributed by atoms with Crippen LogP contribution in [0.25, 0.3) is 0 Å². The van der Waals surface area contributed by atoms with Gasteiger partial charge in [0, 0.05) is 37.1 Å². The van der Waals surface area contributed by atoms with Gasteiger partial charge in [0.05, 0.1) is 6.54 Å². The van der Waals surface area contributed by atoms with E-state index in [1.807, 2.05) is 6.20 Å². The van der Waals surface area contributed by atoms with E-state index in [-0.39, 0.29) is 0 Å². The highest BCUT2D eigenvalue weighted by Gasteiger charge is 2.29. The molecule has 2 heterocycles. The number of pyridine rings is 1. The second-order valence-corrected chi connectivity index (χ2v) is 8.33. The number of guanidine groups is 1. The minimum absolute atomic E-state index is 0.336.